The van der Waals surface area contributed by atoms with E-state index in [0.29, 0.717) is 18.9 Å². The summed E-state index contributed by atoms with van der Waals surface area (Å²) in [5.74, 6) is 1.27. The third-order valence-corrected chi connectivity index (χ3v) is 7.54. The first-order valence-corrected chi connectivity index (χ1v) is 11.4. The van der Waals surface area contributed by atoms with Gasteiger partial charge in [-0.1, -0.05) is 44.2 Å². The van der Waals surface area contributed by atoms with Crippen molar-refractivity contribution < 1.29 is 14.0 Å². The summed E-state index contributed by atoms with van der Waals surface area (Å²) in [4.78, 5) is 27.8. The minimum absolute atomic E-state index is 0.0561. The number of nitrogens with one attached hydrogen (secondary N) is 1. The molecule has 1 aromatic rings. The van der Waals surface area contributed by atoms with Crippen molar-refractivity contribution in [3.63, 3.8) is 0 Å². The van der Waals surface area contributed by atoms with Gasteiger partial charge in [0.15, 0.2) is 0 Å². The lowest BCUT2D eigenvalue weighted by molar-refractivity contribution is -0.134. The smallest absolute Gasteiger partial charge is 0.230 e. The van der Waals surface area contributed by atoms with Crippen LogP contribution in [0.5, 0.6) is 0 Å². The van der Waals surface area contributed by atoms with Crippen LogP contribution in [-0.2, 0) is 15.0 Å². The quantitative estimate of drug-likeness (QED) is 0.806. The summed E-state index contributed by atoms with van der Waals surface area (Å²) in [6, 6.07) is 6.44. The molecule has 0 aromatic heterocycles. The van der Waals surface area contributed by atoms with Crippen molar-refractivity contribution in [3.05, 3.63) is 35.6 Å². The number of fused-ring (bicyclic) bond motifs is 1. The van der Waals surface area contributed by atoms with Gasteiger partial charge in [-0.2, -0.15) is 0 Å². The van der Waals surface area contributed by atoms with Gasteiger partial charge in [-0.15, -0.1) is 0 Å². The fourth-order valence-electron chi connectivity index (χ4n) is 5.85. The van der Waals surface area contributed by atoms with Gasteiger partial charge in [-0.25, -0.2) is 4.39 Å². The van der Waals surface area contributed by atoms with Gasteiger partial charge in [0.2, 0.25) is 11.8 Å². The van der Waals surface area contributed by atoms with Crippen LogP contribution >= 0.6 is 0 Å². The van der Waals surface area contributed by atoms with E-state index in [-0.39, 0.29) is 17.6 Å². The van der Waals surface area contributed by atoms with Crippen molar-refractivity contribution in [2.45, 2.75) is 69.6 Å². The fourth-order valence-corrected chi connectivity index (χ4v) is 5.85. The third kappa shape index (κ3) is 4.34. The number of hydrogen-bond acceptors (Lipinski definition) is 2. The number of benzene rings is 1. The average molecular weight is 401 g/mol. The van der Waals surface area contributed by atoms with Gasteiger partial charge in [0.25, 0.3) is 0 Å². The molecule has 0 bridgehead atoms. The van der Waals surface area contributed by atoms with Gasteiger partial charge in [0.05, 0.1) is 5.41 Å². The summed E-state index contributed by atoms with van der Waals surface area (Å²) in [5.41, 5.74) is 0.115. The van der Waals surface area contributed by atoms with Crippen LogP contribution in [-0.4, -0.2) is 36.3 Å². The van der Waals surface area contributed by atoms with Crippen LogP contribution in [0.1, 0.15) is 69.8 Å². The summed E-state index contributed by atoms with van der Waals surface area (Å²) in [5, 5.41) is 3.00. The van der Waals surface area contributed by atoms with Gasteiger partial charge in [-0.05, 0) is 55.2 Å². The molecule has 4 nitrogen and oxygen atoms in total. The molecule has 29 heavy (non-hydrogen) atoms. The van der Waals surface area contributed by atoms with Gasteiger partial charge in [-0.3, -0.25) is 9.59 Å². The minimum Gasteiger partial charge on any atom is -0.355 e. The van der Waals surface area contributed by atoms with Crippen LogP contribution < -0.4 is 5.32 Å². The molecule has 2 amide bonds. The molecule has 1 heterocycles. The highest BCUT2D eigenvalue weighted by Crippen LogP contribution is 2.41. The maximum atomic E-state index is 13.8. The first kappa shape index (κ1) is 20.4. The van der Waals surface area contributed by atoms with Crippen LogP contribution in [0.2, 0.25) is 0 Å². The summed E-state index contributed by atoms with van der Waals surface area (Å²) >= 11 is 0. The Labute approximate surface area is 173 Å². The summed E-state index contributed by atoms with van der Waals surface area (Å²) < 4.78 is 13.8. The summed E-state index contributed by atoms with van der Waals surface area (Å²) in [7, 11) is 0. The molecule has 1 N–H and O–H groups in total. The van der Waals surface area contributed by atoms with Crippen LogP contribution in [0.15, 0.2) is 24.3 Å². The number of likely N-dealkylation sites (tertiary alicyclic amines) is 1. The Morgan fingerprint density at radius 1 is 1.07 bits per heavy atom. The Bertz CT molecular complexity index is 744. The van der Waals surface area contributed by atoms with E-state index in [9.17, 15) is 14.0 Å². The molecule has 0 spiro atoms. The molecule has 3 fully saturated rings. The predicted octanol–water partition coefficient (Wildman–Crippen LogP) is 4.18. The Balaban J connectivity index is 1.31. The molecular formula is C24H33FN2O2. The number of rotatable bonds is 5. The fraction of sp³-hybridized carbons (Fsp3) is 0.667. The van der Waals surface area contributed by atoms with Crippen molar-refractivity contribution in [1.82, 2.24) is 10.2 Å². The molecule has 2 atom stereocenters. The van der Waals surface area contributed by atoms with Gasteiger partial charge < -0.3 is 10.2 Å². The van der Waals surface area contributed by atoms with Gasteiger partial charge in [0, 0.05) is 26.1 Å². The predicted molar refractivity (Wildman–Crippen MR) is 111 cm³/mol. The highest BCUT2D eigenvalue weighted by Gasteiger charge is 2.42. The van der Waals surface area contributed by atoms with Crippen molar-refractivity contribution in [2.24, 2.45) is 11.8 Å². The van der Waals surface area contributed by atoms with Gasteiger partial charge in [0.1, 0.15) is 5.82 Å². The zero-order valence-corrected chi connectivity index (χ0v) is 17.3. The second kappa shape index (κ2) is 8.85. The Morgan fingerprint density at radius 3 is 2.59 bits per heavy atom. The van der Waals surface area contributed by atoms with E-state index in [1.807, 2.05) is 11.0 Å². The second-order valence-corrected chi connectivity index (χ2v) is 9.24. The number of halogens is 1. The van der Waals surface area contributed by atoms with E-state index in [2.05, 4.69) is 5.32 Å². The zero-order chi connectivity index (χ0) is 20.3. The molecule has 1 saturated heterocycles. The van der Waals surface area contributed by atoms with E-state index >= 15 is 0 Å². The Hall–Kier alpha value is -1.91. The minimum atomic E-state index is -0.647. The van der Waals surface area contributed by atoms with E-state index in [1.165, 1.54) is 37.8 Å². The van der Waals surface area contributed by atoms with E-state index in [0.717, 1.165) is 56.7 Å². The van der Waals surface area contributed by atoms with E-state index in [1.54, 1.807) is 6.07 Å². The topological polar surface area (TPSA) is 49.4 Å². The number of piperidine rings is 1. The standard InChI is InChI=1S/C24H33FN2O2/c25-21-9-5-8-20(16-21)24(12-3-4-13-24)23(29)26-14-10-22(28)27-15-11-18-6-1-2-7-19(18)17-27/h5,8-9,16,18-19H,1-4,6-7,10-15,17H2,(H,26,29). The molecule has 3 aliphatic rings. The number of carbonyl (C=O) groups is 2. The molecule has 1 aromatic carbocycles. The van der Waals surface area contributed by atoms with Crippen LogP contribution in [0, 0.1) is 17.7 Å². The van der Waals surface area contributed by atoms with Crippen LogP contribution in [0.3, 0.4) is 0 Å². The monoisotopic (exact) mass is 400 g/mol. The maximum Gasteiger partial charge on any atom is 0.230 e. The molecular weight excluding hydrogens is 367 g/mol. The lowest BCUT2D eigenvalue weighted by Gasteiger charge is -2.41. The third-order valence-electron chi connectivity index (χ3n) is 7.54. The van der Waals surface area contributed by atoms with Crippen LogP contribution in [0.4, 0.5) is 4.39 Å². The van der Waals surface area contributed by atoms with Crippen molar-refractivity contribution in [2.75, 3.05) is 19.6 Å². The molecule has 4 rings (SSSR count). The maximum absolute atomic E-state index is 13.8. The SMILES string of the molecule is O=C(CCNC(=O)C1(c2cccc(F)c2)CCCC1)N1CCC2CCCCC2C1. The number of nitrogens with zero attached hydrogens (tertiary/aromatic N) is 1. The Kier molecular flexibility index (Phi) is 6.21. The molecule has 1 aliphatic heterocycles. The summed E-state index contributed by atoms with van der Waals surface area (Å²) in [6.45, 7) is 2.12. The highest BCUT2D eigenvalue weighted by molar-refractivity contribution is 5.89. The average Bonchev–Trinajstić information content (AvgIpc) is 3.24. The molecule has 2 saturated carbocycles. The molecule has 158 valence electrons. The number of carbonyl (C=O) groups excluding carboxylic acids is 2. The highest BCUT2D eigenvalue weighted by atomic mass is 19.1. The first-order chi connectivity index (χ1) is 14.1. The van der Waals surface area contributed by atoms with Crippen molar-refractivity contribution in [1.29, 1.82) is 0 Å². The van der Waals surface area contributed by atoms with E-state index < -0.39 is 5.41 Å². The molecule has 0 radical (unpaired) electrons. The van der Waals surface area contributed by atoms with Gasteiger partial charge >= 0.3 is 0 Å². The van der Waals surface area contributed by atoms with Crippen LogP contribution in [0.25, 0.3) is 0 Å². The number of amides is 2. The van der Waals surface area contributed by atoms with E-state index in [4.69, 9.17) is 0 Å². The zero-order valence-electron chi connectivity index (χ0n) is 17.3. The normalized spacial score (nSPS) is 26.0. The lowest BCUT2D eigenvalue weighted by Crippen LogP contribution is -2.47. The lowest BCUT2D eigenvalue weighted by atomic mass is 9.75. The first-order valence-electron chi connectivity index (χ1n) is 11.4. The molecule has 2 aliphatic carbocycles. The molecule has 5 heteroatoms. The van der Waals surface area contributed by atoms with Crippen molar-refractivity contribution in [3.8, 4) is 0 Å². The molecule has 2 unspecified atom stereocenters. The summed E-state index contributed by atoms with van der Waals surface area (Å²) in [6.07, 6.45) is 10.1. The second-order valence-electron chi connectivity index (χ2n) is 9.24. The van der Waals surface area contributed by atoms with Crippen molar-refractivity contribution >= 4 is 11.8 Å². The Morgan fingerprint density at radius 2 is 1.83 bits per heavy atom. The number of hydrogen-bond donors (Lipinski definition) is 1. The largest absolute Gasteiger partial charge is 0.355 e.